The van der Waals surface area contributed by atoms with Crippen LogP contribution in [0.5, 0.6) is 0 Å². The largest absolute Gasteiger partial charge is 0.298 e. The van der Waals surface area contributed by atoms with E-state index >= 15 is 0 Å². The molecule has 25 heavy (non-hydrogen) atoms. The highest BCUT2D eigenvalue weighted by Crippen LogP contribution is 2.38. The van der Waals surface area contributed by atoms with Crippen molar-refractivity contribution < 1.29 is 0 Å². The van der Waals surface area contributed by atoms with Gasteiger partial charge in [-0.15, -0.1) is 0 Å². The number of hydrogen-bond donors (Lipinski definition) is 0. The first-order valence-electron chi connectivity index (χ1n) is 8.64. The minimum Gasteiger partial charge on any atom is -0.298 e. The van der Waals surface area contributed by atoms with Crippen LogP contribution in [0.2, 0.25) is 5.02 Å². The summed E-state index contributed by atoms with van der Waals surface area (Å²) in [4.78, 5) is 6.48. The van der Waals surface area contributed by atoms with Gasteiger partial charge in [0.25, 0.3) is 0 Å². The highest BCUT2D eigenvalue weighted by atomic mass is 35.5. The van der Waals surface area contributed by atoms with Crippen molar-refractivity contribution in [1.82, 2.24) is 14.5 Å². The van der Waals surface area contributed by atoms with E-state index in [0.29, 0.717) is 6.04 Å². The highest BCUT2D eigenvalue weighted by Gasteiger charge is 2.29. The molecule has 2 aromatic heterocycles. The van der Waals surface area contributed by atoms with Crippen LogP contribution in [0.3, 0.4) is 0 Å². The molecule has 1 atom stereocenters. The van der Waals surface area contributed by atoms with E-state index in [-0.39, 0.29) is 0 Å². The molecule has 3 heterocycles. The predicted molar refractivity (Wildman–Crippen MR) is 103 cm³/mol. The Balaban J connectivity index is 1.97. The molecule has 1 aliphatic heterocycles. The molecule has 3 aromatic rings. The van der Waals surface area contributed by atoms with Crippen molar-refractivity contribution in [3.05, 3.63) is 64.6 Å². The van der Waals surface area contributed by atoms with Crippen LogP contribution in [0.15, 0.2) is 42.7 Å². The molecule has 0 bridgehead atoms. The number of likely N-dealkylation sites (N-methyl/N-ethyl adjacent to an activating group) is 1. The Bertz CT molecular complexity index is 979. The summed E-state index contributed by atoms with van der Waals surface area (Å²) in [6, 6.07) is 13.8. The number of halogens is 1. The molecule has 1 aliphatic rings. The number of aromatic nitrogens is 2. The molecule has 0 saturated carbocycles. The van der Waals surface area contributed by atoms with E-state index in [9.17, 15) is 0 Å². The molecule has 0 aliphatic carbocycles. The number of hydrogen-bond acceptors (Lipinski definition) is 2. The minimum absolute atomic E-state index is 0.377. The summed E-state index contributed by atoms with van der Waals surface area (Å²) in [5, 5.41) is 2.01. The van der Waals surface area contributed by atoms with Gasteiger partial charge in [0, 0.05) is 41.0 Å². The second-order valence-corrected chi connectivity index (χ2v) is 6.92. The van der Waals surface area contributed by atoms with E-state index in [1.165, 1.54) is 16.6 Å². The SMILES string of the molecule is CCC1c2c(c3cc(Cl)ccc3n2C#Cc2ccncc2)CCN1C. The van der Waals surface area contributed by atoms with Gasteiger partial charge >= 0.3 is 0 Å². The number of benzene rings is 1. The zero-order valence-corrected chi connectivity index (χ0v) is 15.2. The van der Waals surface area contributed by atoms with Crippen molar-refractivity contribution in [2.75, 3.05) is 13.6 Å². The van der Waals surface area contributed by atoms with Crippen LogP contribution < -0.4 is 0 Å². The Kier molecular flexibility index (Phi) is 4.25. The molecule has 0 radical (unpaired) electrons. The first kappa shape index (κ1) is 16.2. The molecule has 0 fully saturated rings. The topological polar surface area (TPSA) is 21.1 Å². The van der Waals surface area contributed by atoms with Gasteiger partial charge in [0.2, 0.25) is 0 Å². The fourth-order valence-corrected chi connectivity index (χ4v) is 3.97. The number of fused-ring (bicyclic) bond motifs is 3. The van der Waals surface area contributed by atoms with Crippen molar-refractivity contribution in [2.45, 2.75) is 25.8 Å². The van der Waals surface area contributed by atoms with Gasteiger partial charge in [-0.2, -0.15) is 0 Å². The zero-order valence-electron chi connectivity index (χ0n) is 14.5. The Morgan fingerprint density at radius 2 is 2.04 bits per heavy atom. The molecule has 1 aromatic carbocycles. The van der Waals surface area contributed by atoms with Crippen LogP contribution in [0, 0.1) is 12.0 Å². The molecule has 4 heteroatoms. The van der Waals surface area contributed by atoms with Crippen LogP contribution in [0.25, 0.3) is 10.9 Å². The van der Waals surface area contributed by atoms with Gasteiger partial charge in [0.15, 0.2) is 0 Å². The van der Waals surface area contributed by atoms with Crippen molar-refractivity contribution in [3.63, 3.8) is 0 Å². The first-order chi connectivity index (χ1) is 12.2. The standard InChI is InChI=1S/C21H20ClN3/c1-3-19-21-17(9-12-24(19)2)18-14-16(22)4-5-20(18)25(21)13-8-15-6-10-23-11-7-15/h4-7,10-11,14,19H,3,9,12H2,1-2H3. The molecule has 3 nitrogen and oxygen atoms in total. The molecule has 0 amide bonds. The van der Waals surface area contributed by atoms with Crippen LogP contribution in [-0.4, -0.2) is 28.0 Å². The summed E-state index contributed by atoms with van der Waals surface area (Å²) in [7, 11) is 2.20. The lowest BCUT2D eigenvalue weighted by atomic mass is 9.96. The first-order valence-corrected chi connectivity index (χ1v) is 9.02. The van der Waals surface area contributed by atoms with Gasteiger partial charge in [0.05, 0.1) is 17.3 Å². The van der Waals surface area contributed by atoms with Gasteiger partial charge in [0.1, 0.15) is 0 Å². The number of pyridine rings is 1. The Hall–Kier alpha value is -2.28. The molecule has 126 valence electrons. The fourth-order valence-electron chi connectivity index (χ4n) is 3.79. The van der Waals surface area contributed by atoms with Crippen molar-refractivity contribution >= 4 is 22.5 Å². The molecule has 1 unspecified atom stereocenters. The second kappa shape index (κ2) is 6.55. The Labute approximate surface area is 153 Å². The van der Waals surface area contributed by atoms with Crippen molar-refractivity contribution in [1.29, 1.82) is 0 Å². The van der Waals surface area contributed by atoms with Crippen molar-refractivity contribution in [2.24, 2.45) is 0 Å². The average Bonchev–Trinajstić information content (AvgIpc) is 2.93. The summed E-state index contributed by atoms with van der Waals surface area (Å²) < 4.78 is 2.17. The summed E-state index contributed by atoms with van der Waals surface area (Å²) in [5.41, 5.74) is 4.82. The van der Waals surface area contributed by atoms with Gasteiger partial charge < -0.3 is 0 Å². The minimum atomic E-state index is 0.377. The molecular formula is C21H20ClN3. The maximum absolute atomic E-state index is 6.28. The smallest absolute Gasteiger partial charge is 0.0619 e. The van der Waals surface area contributed by atoms with Crippen LogP contribution in [0.1, 0.15) is 36.2 Å². The zero-order chi connectivity index (χ0) is 17.4. The molecule has 0 N–H and O–H groups in total. The fraction of sp³-hybridized carbons (Fsp3) is 0.286. The normalized spacial score (nSPS) is 17.2. The predicted octanol–water partition coefficient (Wildman–Crippen LogP) is 4.49. The van der Waals surface area contributed by atoms with Gasteiger partial charge in [-0.25, -0.2) is 0 Å². The molecular weight excluding hydrogens is 330 g/mol. The average molecular weight is 350 g/mol. The lowest BCUT2D eigenvalue weighted by Crippen LogP contribution is -2.32. The summed E-state index contributed by atoms with van der Waals surface area (Å²) in [6.45, 7) is 3.30. The van der Waals surface area contributed by atoms with Crippen LogP contribution in [-0.2, 0) is 6.42 Å². The maximum Gasteiger partial charge on any atom is 0.0619 e. The van der Waals surface area contributed by atoms with E-state index in [1.54, 1.807) is 12.4 Å². The van der Waals surface area contributed by atoms with Gasteiger partial charge in [-0.05, 0) is 61.7 Å². The number of rotatable bonds is 1. The number of nitrogens with zero attached hydrogens (tertiary/aromatic N) is 3. The van der Waals surface area contributed by atoms with Crippen LogP contribution in [0.4, 0.5) is 0 Å². The summed E-state index contributed by atoms with van der Waals surface area (Å²) in [6.07, 6.45) is 5.64. The third-order valence-electron chi connectivity index (χ3n) is 5.02. The van der Waals surface area contributed by atoms with E-state index in [2.05, 4.69) is 52.5 Å². The third-order valence-corrected chi connectivity index (χ3v) is 5.25. The molecule has 4 rings (SSSR count). The molecule has 0 saturated heterocycles. The summed E-state index contributed by atoms with van der Waals surface area (Å²) in [5.74, 6) is 3.28. The lowest BCUT2D eigenvalue weighted by Gasteiger charge is -2.32. The van der Waals surface area contributed by atoms with Crippen LogP contribution >= 0.6 is 11.6 Å². The third kappa shape index (κ3) is 2.82. The second-order valence-electron chi connectivity index (χ2n) is 6.49. The van der Waals surface area contributed by atoms with Gasteiger partial charge in [-0.3, -0.25) is 14.5 Å². The lowest BCUT2D eigenvalue weighted by molar-refractivity contribution is 0.219. The molecule has 0 spiro atoms. The maximum atomic E-state index is 6.28. The summed E-state index contributed by atoms with van der Waals surface area (Å²) >= 11 is 6.28. The van der Waals surface area contributed by atoms with E-state index in [1.807, 2.05) is 18.2 Å². The highest BCUT2D eigenvalue weighted by molar-refractivity contribution is 6.31. The van der Waals surface area contributed by atoms with Crippen molar-refractivity contribution in [3.8, 4) is 12.0 Å². The van der Waals surface area contributed by atoms with E-state index in [4.69, 9.17) is 11.6 Å². The van der Waals surface area contributed by atoms with E-state index in [0.717, 1.165) is 35.5 Å². The van der Waals surface area contributed by atoms with Gasteiger partial charge in [-0.1, -0.05) is 18.5 Å². The quantitative estimate of drug-likeness (QED) is 0.604. The monoisotopic (exact) mass is 349 g/mol. The Morgan fingerprint density at radius 3 is 2.80 bits per heavy atom. The Morgan fingerprint density at radius 1 is 1.24 bits per heavy atom. The van der Waals surface area contributed by atoms with E-state index < -0.39 is 0 Å².